The number of benzene rings is 1. The molecule has 21 heavy (non-hydrogen) atoms. The van der Waals surface area contributed by atoms with E-state index in [0.29, 0.717) is 19.8 Å². The second-order valence-corrected chi connectivity index (χ2v) is 5.52. The summed E-state index contributed by atoms with van der Waals surface area (Å²) in [6.45, 7) is 9.10. The summed E-state index contributed by atoms with van der Waals surface area (Å²) in [4.78, 5) is 14.5. The van der Waals surface area contributed by atoms with E-state index in [4.69, 9.17) is 9.47 Å². The Balaban J connectivity index is 2.29. The van der Waals surface area contributed by atoms with E-state index in [9.17, 15) is 4.79 Å². The van der Waals surface area contributed by atoms with Gasteiger partial charge in [0.2, 0.25) is 0 Å². The van der Waals surface area contributed by atoms with Gasteiger partial charge in [-0.05, 0) is 39.8 Å². The fourth-order valence-electron chi connectivity index (χ4n) is 2.51. The van der Waals surface area contributed by atoms with Crippen LogP contribution in [0.5, 0.6) is 0 Å². The molecule has 0 aromatic heterocycles. The Morgan fingerprint density at radius 1 is 1.19 bits per heavy atom. The van der Waals surface area contributed by atoms with Crippen LogP contribution in [-0.4, -0.2) is 37.5 Å². The van der Waals surface area contributed by atoms with Gasteiger partial charge in [-0.15, -0.1) is 0 Å². The maximum atomic E-state index is 12.7. The topological polar surface area (TPSA) is 50.8 Å². The zero-order chi connectivity index (χ0) is 15.5. The van der Waals surface area contributed by atoms with Crippen molar-refractivity contribution in [2.75, 3.05) is 30.0 Å². The lowest BCUT2D eigenvalue weighted by Crippen LogP contribution is -2.56. The molecule has 1 N–H and O–H groups in total. The van der Waals surface area contributed by atoms with Crippen LogP contribution in [0.25, 0.3) is 0 Å². The van der Waals surface area contributed by atoms with Gasteiger partial charge in [0, 0.05) is 13.2 Å². The molecule has 0 fully saturated rings. The van der Waals surface area contributed by atoms with Gasteiger partial charge in [0.1, 0.15) is 5.54 Å². The van der Waals surface area contributed by atoms with E-state index < -0.39 is 11.8 Å². The van der Waals surface area contributed by atoms with Crippen LogP contribution in [0.2, 0.25) is 0 Å². The third-order valence-corrected chi connectivity index (χ3v) is 3.46. The summed E-state index contributed by atoms with van der Waals surface area (Å²) in [5.74, 6) is 0.0191. The van der Waals surface area contributed by atoms with Crippen LogP contribution in [0.3, 0.4) is 0 Å². The Morgan fingerprint density at radius 3 is 2.43 bits per heavy atom. The van der Waals surface area contributed by atoms with E-state index in [1.54, 1.807) is 4.90 Å². The molecule has 1 aromatic carbocycles. The summed E-state index contributed by atoms with van der Waals surface area (Å²) in [6.07, 6.45) is -0.411. The van der Waals surface area contributed by atoms with Crippen molar-refractivity contribution >= 4 is 17.3 Å². The smallest absolute Gasteiger partial charge is 0.252 e. The monoisotopic (exact) mass is 292 g/mol. The fraction of sp³-hybridized carbons (Fsp3) is 0.562. The molecule has 1 amide bonds. The Kier molecular flexibility index (Phi) is 4.85. The van der Waals surface area contributed by atoms with Gasteiger partial charge in [-0.25, -0.2) is 0 Å². The highest BCUT2D eigenvalue weighted by Gasteiger charge is 2.39. The van der Waals surface area contributed by atoms with Gasteiger partial charge in [0.25, 0.3) is 5.91 Å². The molecule has 1 aliphatic heterocycles. The first-order valence-electron chi connectivity index (χ1n) is 7.42. The summed E-state index contributed by atoms with van der Waals surface area (Å²) in [6, 6.07) is 7.80. The van der Waals surface area contributed by atoms with Gasteiger partial charge in [0.15, 0.2) is 6.29 Å². The molecule has 0 aliphatic carbocycles. The lowest BCUT2D eigenvalue weighted by Gasteiger charge is -2.40. The minimum Gasteiger partial charge on any atom is -0.370 e. The van der Waals surface area contributed by atoms with Crippen LogP contribution in [-0.2, 0) is 14.3 Å². The standard InChI is InChI=1S/C16H24N2O3/c1-5-20-14(21-6-2)11-18-13-10-8-7-9-12(13)17-16(3,4)15(18)19/h7-10,14,17H,5-6,11H2,1-4H3. The van der Waals surface area contributed by atoms with Gasteiger partial charge in [-0.1, -0.05) is 12.1 Å². The molecule has 1 heterocycles. The number of amides is 1. The molecule has 1 aliphatic rings. The van der Waals surface area contributed by atoms with Crippen molar-refractivity contribution in [1.82, 2.24) is 0 Å². The van der Waals surface area contributed by atoms with Gasteiger partial charge in [0.05, 0.1) is 17.9 Å². The quantitative estimate of drug-likeness (QED) is 0.819. The van der Waals surface area contributed by atoms with Gasteiger partial charge in [-0.2, -0.15) is 0 Å². The summed E-state index contributed by atoms with van der Waals surface area (Å²) in [5, 5.41) is 3.28. The predicted octanol–water partition coefficient (Wildman–Crippen LogP) is 2.62. The lowest BCUT2D eigenvalue weighted by molar-refractivity contribution is -0.137. The molecule has 116 valence electrons. The largest absolute Gasteiger partial charge is 0.370 e. The molecule has 0 bridgehead atoms. The Hall–Kier alpha value is -1.59. The molecular formula is C16H24N2O3. The second-order valence-electron chi connectivity index (χ2n) is 5.52. The maximum absolute atomic E-state index is 12.7. The van der Waals surface area contributed by atoms with Crippen molar-refractivity contribution in [3.8, 4) is 0 Å². The molecule has 0 radical (unpaired) electrons. The molecule has 2 rings (SSSR count). The first-order valence-corrected chi connectivity index (χ1v) is 7.42. The number of nitrogens with zero attached hydrogens (tertiary/aromatic N) is 1. The molecule has 0 spiro atoms. The van der Waals surface area contributed by atoms with E-state index in [1.165, 1.54) is 0 Å². The second kappa shape index (κ2) is 6.45. The number of rotatable bonds is 6. The molecule has 0 saturated carbocycles. The summed E-state index contributed by atoms with van der Waals surface area (Å²) >= 11 is 0. The van der Waals surface area contributed by atoms with E-state index in [-0.39, 0.29) is 5.91 Å². The maximum Gasteiger partial charge on any atom is 0.252 e. The Morgan fingerprint density at radius 2 is 1.81 bits per heavy atom. The van der Waals surface area contributed by atoms with Crippen molar-refractivity contribution < 1.29 is 14.3 Å². The summed E-state index contributed by atoms with van der Waals surface area (Å²) in [5.41, 5.74) is 1.18. The number of carbonyl (C=O) groups is 1. The van der Waals surface area contributed by atoms with E-state index in [1.807, 2.05) is 52.0 Å². The highest BCUT2D eigenvalue weighted by Crippen LogP contribution is 2.35. The zero-order valence-electron chi connectivity index (χ0n) is 13.2. The summed E-state index contributed by atoms with van der Waals surface area (Å²) < 4.78 is 11.2. The highest BCUT2D eigenvalue weighted by atomic mass is 16.7. The molecule has 5 nitrogen and oxygen atoms in total. The van der Waals surface area contributed by atoms with Crippen molar-refractivity contribution in [3.05, 3.63) is 24.3 Å². The SMILES string of the molecule is CCOC(CN1C(=O)C(C)(C)Nc2ccccc21)OCC. The number of fused-ring (bicyclic) bond motifs is 1. The number of ether oxygens (including phenoxy) is 2. The Bertz CT molecular complexity index is 496. The number of carbonyl (C=O) groups excluding carboxylic acids is 1. The first kappa shape index (κ1) is 15.8. The minimum atomic E-state index is -0.642. The molecular weight excluding hydrogens is 268 g/mol. The van der Waals surface area contributed by atoms with E-state index >= 15 is 0 Å². The number of hydrogen-bond acceptors (Lipinski definition) is 4. The van der Waals surface area contributed by atoms with Crippen LogP contribution in [0.1, 0.15) is 27.7 Å². The van der Waals surface area contributed by atoms with Crippen LogP contribution < -0.4 is 10.2 Å². The zero-order valence-corrected chi connectivity index (χ0v) is 13.2. The summed E-state index contributed by atoms with van der Waals surface area (Å²) in [7, 11) is 0. The van der Waals surface area contributed by atoms with Crippen LogP contribution in [0, 0.1) is 0 Å². The van der Waals surface area contributed by atoms with Crippen LogP contribution in [0.15, 0.2) is 24.3 Å². The molecule has 1 aromatic rings. The lowest BCUT2D eigenvalue weighted by atomic mass is 9.98. The molecule has 0 saturated heterocycles. The third kappa shape index (κ3) is 3.36. The van der Waals surface area contributed by atoms with Gasteiger partial charge >= 0.3 is 0 Å². The van der Waals surface area contributed by atoms with Crippen molar-refractivity contribution in [2.45, 2.75) is 39.5 Å². The Labute approximate surface area is 126 Å². The average Bonchev–Trinajstić information content (AvgIpc) is 2.44. The fourth-order valence-corrected chi connectivity index (χ4v) is 2.51. The highest BCUT2D eigenvalue weighted by molar-refractivity contribution is 6.07. The number of hydrogen-bond donors (Lipinski definition) is 1. The minimum absolute atomic E-state index is 0.0191. The van der Waals surface area contributed by atoms with Gasteiger partial charge < -0.3 is 19.7 Å². The average molecular weight is 292 g/mol. The molecule has 5 heteroatoms. The van der Waals surface area contributed by atoms with Crippen molar-refractivity contribution in [2.24, 2.45) is 0 Å². The van der Waals surface area contributed by atoms with Crippen molar-refractivity contribution in [3.63, 3.8) is 0 Å². The van der Waals surface area contributed by atoms with Gasteiger partial charge in [-0.3, -0.25) is 4.79 Å². The molecule has 0 atom stereocenters. The van der Waals surface area contributed by atoms with Crippen molar-refractivity contribution in [1.29, 1.82) is 0 Å². The first-order chi connectivity index (χ1) is 9.99. The molecule has 0 unspecified atom stereocenters. The van der Waals surface area contributed by atoms with E-state index in [2.05, 4.69) is 5.32 Å². The number of nitrogens with one attached hydrogen (secondary N) is 1. The van der Waals surface area contributed by atoms with E-state index in [0.717, 1.165) is 11.4 Å². The number of anilines is 2. The normalized spacial score (nSPS) is 16.8. The third-order valence-electron chi connectivity index (χ3n) is 3.46. The van der Waals surface area contributed by atoms with Crippen LogP contribution >= 0.6 is 0 Å². The predicted molar refractivity (Wildman–Crippen MR) is 83.5 cm³/mol. The van der Waals surface area contributed by atoms with Crippen LogP contribution in [0.4, 0.5) is 11.4 Å². The number of para-hydroxylation sites is 2.